The highest BCUT2D eigenvalue weighted by Crippen LogP contribution is 2.39. The lowest BCUT2D eigenvalue weighted by molar-refractivity contribution is 0.300. The van der Waals surface area contributed by atoms with Crippen LogP contribution in [0, 0.1) is 0 Å². The summed E-state index contributed by atoms with van der Waals surface area (Å²) in [4.78, 5) is 0. The van der Waals surface area contributed by atoms with Gasteiger partial charge in [-0.25, -0.2) is 0 Å². The van der Waals surface area contributed by atoms with E-state index in [2.05, 4.69) is 18.2 Å². The monoisotopic (exact) mass is 243 g/mol. The average molecular weight is 243 g/mol. The van der Waals surface area contributed by atoms with Gasteiger partial charge in [-0.05, 0) is 55.2 Å². The Hall–Kier alpha value is -0.820. The quantitative estimate of drug-likeness (QED) is 0.841. The number of benzene rings is 1. The van der Waals surface area contributed by atoms with Crippen molar-refractivity contribution in [3.63, 3.8) is 0 Å². The summed E-state index contributed by atoms with van der Waals surface area (Å²) in [5, 5.41) is 0. The molecule has 1 nitrogen and oxygen atoms in total. The highest BCUT2D eigenvalue weighted by molar-refractivity contribution is 5.38. The van der Waals surface area contributed by atoms with Gasteiger partial charge in [-0.1, -0.05) is 37.5 Å². The van der Waals surface area contributed by atoms with Crippen LogP contribution in [-0.4, -0.2) is 6.54 Å². The molecule has 0 atom stereocenters. The summed E-state index contributed by atoms with van der Waals surface area (Å²) in [6.07, 6.45) is 12.0. The number of aryl methyl sites for hydroxylation is 2. The third-order valence-corrected chi connectivity index (χ3v) is 5.16. The second-order valence-corrected chi connectivity index (χ2v) is 6.24. The Balaban J connectivity index is 1.94. The van der Waals surface area contributed by atoms with Crippen LogP contribution in [0.15, 0.2) is 18.2 Å². The van der Waals surface area contributed by atoms with Crippen molar-refractivity contribution in [3.8, 4) is 0 Å². The maximum absolute atomic E-state index is 6.15. The molecular formula is C17H25N. The van der Waals surface area contributed by atoms with Crippen molar-refractivity contribution < 1.29 is 0 Å². The second kappa shape index (κ2) is 5.05. The molecule has 1 fully saturated rings. The van der Waals surface area contributed by atoms with Gasteiger partial charge in [0.25, 0.3) is 0 Å². The van der Waals surface area contributed by atoms with Crippen LogP contribution in [0.3, 0.4) is 0 Å². The SMILES string of the molecule is NCC1(c2ccc3c(c2)CCCC3)CCCCC1. The summed E-state index contributed by atoms with van der Waals surface area (Å²) >= 11 is 0. The van der Waals surface area contributed by atoms with Crippen molar-refractivity contribution >= 4 is 0 Å². The number of hydrogen-bond donors (Lipinski definition) is 1. The molecule has 2 aliphatic rings. The molecule has 0 amide bonds. The van der Waals surface area contributed by atoms with Gasteiger partial charge in [0.1, 0.15) is 0 Å². The molecule has 1 aromatic rings. The fourth-order valence-corrected chi connectivity index (χ4v) is 3.90. The minimum absolute atomic E-state index is 0.296. The van der Waals surface area contributed by atoms with Crippen molar-refractivity contribution in [2.45, 2.75) is 63.2 Å². The Bertz CT molecular complexity index is 416. The molecule has 98 valence electrons. The topological polar surface area (TPSA) is 26.0 Å². The van der Waals surface area contributed by atoms with Crippen LogP contribution >= 0.6 is 0 Å². The molecule has 2 aliphatic carbocycles. The standard InChI is InChI=1S/C17H25N/c18-13-17(10-4-1-5-11-17)16-9-8-14-6-2-3-7-15(14)12-16/h8-9,12H,1-7,10-11,13,18H2. The molecule has 1 saturated carbocycles. The third-order valence-electron chi connectivity index (χ3n) is 5.16. The van der Waals surface area contributed by atoms with E-state index in [9.17, 15) is 0 Å². The minimum Gasteiger partial charge on any atom is -0.330 e. The van der Waals surface area contributed by atoms with E-state index in [1.54, 1.807) is 11.1 Å². The molecule has 3 rings (SSSR count). The van der Waals surface area contributed by atoms with Crippen molar-refractivity contribution in [2.24, 2.45) is 5.73 Å². The van der Waals surface area contributed by atoms with Crippen molar-refractivity contribution in [3.05, 3.63) is 34.9 Å². The number of nitrogens with two attached hydrogens (primary N) is 1. The van der Waals surface area contributed by atoms with E-state index in [-0.39, 0.29) is 0 Å². The summed E-state index contributed by atoms with van der Waals surface area (Å²) < 4.78 is 0. The smallest absolute Gasteiger partial charge is 0.00756 e. The van der Waals surface area contributed by atoms with Crippen LogP contribution < -0.4 is 5.73 Å². The fraction of sp³-hybridized carbons (Fsp3) is 0.647. The molecule has 1 aromatic carbocycles. The van der Waals surface area contributed by atoms with Gasteiger partial charge >= 0.3 is 0 Å². The lowest BCUT2D eigenvalue weighted by Crippen LogP contribution is -2.37. The van der Waals surface area contributed by atoms with E-state index in [1.807, 2.05) is 0 Å². The van der Waals surface area contributed by atoms with Crippen molar-refractivity contribution in [2.75, 3.05) is 6.54 Å². The second-order valence-electron chi connectivity index (χ2n) is 6.24. The molecular weight excluding hydrogens is 218 g/mol. The molecule has 0 unspecified atom stereocenters. The predicted molar refractivity (Wildman–Crippen MR) is 76.9 cm³/mol. The van der Waals surface area contributed by atoms with Gasteiger partial charge in [0, 0.05) is 12.0 Å². The highest BCUT2D eigenvalue weighted by atomic mass is 14.6. The highest BCUT2D eigenvalue weighted by Gasteiger charge is 2.32. The fourth-order valence-electron chi connectivity index (χ4n) is 3.90. The molecule has 0 aromatic heterocycles. The average Bonchev–Trinajstić information content (AvgIpc) is 2.47. The summed E-state index contributed by atoms with van der Waals surface area (Å²) in [7, 11) is 0. The van der Waals surface area contributed by atoms with Crippen LogP contribution in [0.5, 0.6) is 0 Å². The Labute approximate surface area is 111 Å². The van der Waals surface area contributed by atoms with Gasteiger partial charge in [-0.15, -0.1) is 0 Å². The summed E-state index contributed by atoms with van der Waals surface area (Å²) in [6.45, 7) is 0.825. The van der Waals surface area contributed by atoms with E-state index >= 15 is 0 Å². The molecule has 2 N–H and O–H groups in total. The first-order valence-corrected chi connectivity index (χ1v) is 7.66. The van der Waals surface area contributed by atoms with Crippen molar-refractivity contribution in [1.29, 1.82) is 0 Å². The molecule has 0 spiro atoms. The van der Waals surface area contributed by atoms with E-state index in [1.165, 1.54) is 63.4 Å². The molecule has 0 saturated heterocycles. The molecule has 0 radical (unpaired) electrons. The first kappa shape index (κ1) is 12.2. The molecule has 0 aliphatic heterocycles. The van der Waals surface area contributed by atoms with E-state index in [4.69, 9.17) is 5.73 Å². The third kappa shape index (κ3) is 2.09. The summed E-state index contributed by atoms with van der Waals surface area (Å²) in [6, 6.07) is 7.25. The van der Waals surface area contributed by atoms with Gasteiger partial charge in [0.15, 0.2) is 0 Å². The van der Waals surface area contributed by atoms with Crippen LogP contribution in [0.25, 0.3) is 0 Å². The lowest BCUT2D eigenvalue weighted by Gasteiger charge is -2.37. The maximum atomic E-state index is 6.15. The Kier molecular flexibility index (Phi) is 3.43. The zero-order valence-electron chi connectivity index (χ0n) is 11.4. The van der Waals surface area contributed by atoms with Crippen LogP contribution in [-0.2, 0) is 18.3 Å². The first-order chi connectivity index (χ1) is 8.84. The molecule has 0 heterocycles. The van der Waals surface area contributed by atoms with E-state index in [0.717, 1.165) is 6.54 Å². The Morgan fingerprint density at radius 2 is 1.61 bits per heavy atom. The molecule has 0 bridgehead atoms. The number of rotatable bonds is 2. The Morgan fingerprint density at radius 1 is 0.889 bits per heavy atom. The van der Waals surface area contributed by atoms with E-state index in [0.29, 0.717) is 5.41 Å². The molecule has 1 heteroatoms. The van der Waals surface area contributed by atoms with Gasteiger partial charge in [-0.3, -0.25) is 0 Å². The summed E-state index contributed by atoms with van der Waals surface area (Å²) in [5.74, 6) is 0. The maximum Gasteiger partial charge on any atom is 0.00756 e. The minimum atomic E-state index is 0.296. The largest absolute Gasteiger partial charge is 0.330 e. The lowest BCUT2D eigenvalue weighted by atomic mass is 9.68. The number of hydrogen-bond acceptors (Lipinski definition) is 1. The van der Waals surface area contributed by atoms with Crippen LogP contribution in [0.2, 0.25) is 0 Å². The van der Waals surface area contributed by atoms with Crippen LogP contribution in [0.4, 0.5) is 0 Å². The first-order valence-electron chi connectivity index (χ1n) is 7.66. The van der Waals surface area contributed by atoms with Gasteiger partial charge < -0.3 is 5.73 Å². The Morgan fingerprint density at radius 3 is 2.33 bits per heavy atom. The molecule has 18 heavy (non-hydrogen) atoms. The van der Waals surface area contributed by atoms with Gasteiger partial charge in [-0.2, -0.15) is 0 Å². The van der Waals surface area contributed by atoms with Gasteiger partial charge in [0.05, 0.1) is 0 Å². The zero-order chi connectivity index (χ0) is 12.4. The normalized spacial score (nSPS) is 22.5. The predicted octanol–water partition coefficient (Wildman–Crippen LogP) is 3.73. The summed E-state index contributed by atoms with van der Waals surface area (Å²) in [5.41, 5.74) is 11.2. The zero-order valence-corrected chi connectivity index (χ0v) is 11.4. The van der Waals surface area contributed by atoms with Gasteiger partial charge in [0.2, 0.25) is 0 Å². The number of fused-ring (bicyclic) bond motifs is 1. The van der Waals surface area contributed by atoms with Crippen molar-refractivity contribution in [1.82, 2.24) is 0 Å². The van der Waals surface area contributed by atoms with E-state index < -0.39 is 0 Å². The van der Waals surface area contributed by atoms with Crippen LogP contribution in [0.1, 0.15) is 61.6 Å².